The van der Waals surface area contributed by atoms with Crippen LogP contribution in [0.15, 0.2) is 36.5 Å². The molecule has 0 spiro atoms. The minimum absolute atomic E-state index is 0.0191. The predicted octanol–water partition coefficient (Wildman–Crippen LogP) is 13.1. The third-order valence-electron chi connectivity index (χ3n) is 13.7. The van der Waals surface area contributed by atoms with Gasteiger partial charge in [0.1, 0.15) is 24.4 Å². The van der Waals surface area contributed by atoms with Crippen LogP contribution in [0.3, 0.4) is 0 Å². The van der Waals surface area contributed by atoms with Crippen molar-refractivity contribution < 1.29 is 49.3 Å². The van der Waals surface area contributed by atoms with Crippen LogP contribution in [-0.2, 0) is 23.8 Å². The third-order valence-corrected chi connectivity index (χ3v) is 13.7. The number of allylic oxidation sites excluding steroid dienone is 5. The summed E-state index contributed by atoms with van der Waals surface area (Å²) in [5.74, 6) is -0.205. The lowest BCUT2D eigenvalue weighted by molar-refractivity contribution is -0.302. The molecular formula is C59H109NO10. The summed E-state index contributed by atoms with van der Waals surface area (Å²) in [6.07, 6.45) is 49.6. The Kier molecular flexibility index (Phi) is 46.2. The van der Waals surface area contributed by atoms with Crippen LogP contribution < -0.4 is 5.32 Å². The molecule has 7 atom stereocenters. The summed E-state index contributed by atoms with van der Waals surface area (Å²) in [7, 11) is 0. The van der Waals surface area contributed by atoms with E-state index < -0.39 is 49.5 Å². The summed E-state index contributed by atoms with van der Waals surface area (Å²) in [6, 6.07) is -0.810. The van der Waals surface area contributed by atoms with Crippen molar-refractivity contribution in [3.63, 3.8) is 0 Å². The number of nitrogens with one attached hydrogen (secondary N) is 1. The van der Waals surface area contributed by atoms with Gasteiger partial charge in [0.2, 0.25) is 5.91 Å². The van der Waals surface area contributed by atoms with Crippen molar-refractivity contribution >= 4 is 11.9 Å². The van der Waals surface area contributed by atoms with E-state index in [-0.39, 0.29) is 18.5 Å². The van der Waals surface area contributed by atoms with Crippen molar-refractivity contribution in [2.75, 3.05) is 19.8 Å². The van der Waals surface area contributed by atoms with Crippen LogP contribution in [0.1, 0.15) is 264 Å². The Morgan fingerprint density at radius 2 is 0.986 bits per heavy atom. The molecular weight excluding hydrogens is 883 g/mol. The Morgan fingerprint density at radius 3 is 1.50 bits per heavy atom. The van der Waals surface area contributed by atoms with E-state index in [1.165, 1.54) is 161 Å². The highest BCUT2D eigenvalue weighted by Gasteiger charge is 2.44. The fourth-order valence-electron chi connectivity index (χ4n) is 9.06. The van der Waals surface area contributed by atoms with Crippen LogP contribution >= 0.6 is 0 Å². The summed E-state index contributed by atoms with van der Waals surface area (Å²) in [5.41, 5.74) is 0. The molecule has 0 saturated carbocycles. The minimum Gasteiger partial charge on any atom is -0.466 e. The number of rotatable bonds is 50. The fraction of sp³-hybridized carbons (Fsp3) is 0.864. The highest BCUT2D eigenvalue weighted by atomic mass is 16.7. The van der Waals surface area contributed by atoms with E-state index >= 15 is 0 Å². The van der Waals surface area contributed by atoms with E-state index in [1.807, 2.05) is 6.08 Å². The Labute approximate surface area is 428 Å². The summed E-state index contributed by atoms with van der Waals surface area (Å²) < 4.78 is 16.7. The SMILES string of the molecule is CCC/C=C\C/C=C\CCCCCCCC(=O)OCCCCCCCCCCCCCCCCCCCCCCC(=O)NC(COC1OC(CO)C(O)C(O)C1O)C(O)/C=C/CCCCCCCCC. The van der Waals surface area contributed by atoms with Gasteiger partial charge in [-0.2, -0.15) is 0 Å². The van der Waals surface area contributed by atoms with E-state index in [1.54, 1.807) is 6.08 Å². The normalized spacial score (nSPS) is 19.4. The van der Waals surface area contributed by atoms with Gasteiger partial charge in [0, 0.05) is 12.8 Å². The molecule has 1 aliphatic heterocycles. The number of hydrogen-bond acceptors (Lipinski definition) is 10. The quantitative estimate of drug-likeness (QED) is 0.0195. The first kappa shape index (κ1) is 65.9. The van der Waals surface area contributed by atoms with E-state index in [9.17, 15) is 35.1 Å². The number of carbonyl (C=O) groups excluding carboxylic acids is 2. The van der Waals surface area contributed by atoms with Crippen LogP contribution in [0, 0.1) is 0 Å². The zero-order valence-corrected chi connectivity index (χ0v) is 45.0. The van der Waals surface area contributed by atoms with Crippen LogP contribution in [0.2, 0.25) is 0 Å². The van der Waals surface area contributed by atoms with Gasteiger partial charge in [-0.3, -0.25) is 9.59 Å². The van der Waals surface area contributed by atoms with E-state index in [4.69, 9.17) is 14.2 Å². The number of amides is 1. The first-order valence-corrected chi connectivity index (χ1v) is 29.3. The van der Waals surface area contributed by atoms with Crippen molar-refractivity contribution in [3.05, 3.63) is 36.5 Å². The zero-order valence-electron chi connectivity index (χ0n) is 45.0. The number of hydrogen-bond donors (Lipinski definition) is 6. The van der Waals surface area contributed by atoms with Crippen LogP contribution in [0.4, 0.5) is 0 Å². The lowest BCUT2D eigenvalue weighted by atomic mass is 9.99. The maximum Gasteiger partial charge on any atom is 0.305 e. The molecule has 0 aromatic heterocycles. The molecule has 7 unspecified atom stereocenters. The van der Waals surface area contributed by atoms with Crippen molar-refractivity contribution in [2.45, 2.75) is 307 Å². The molecule has 1 fully saturated rings. The van der Waals surface area contributed by atoms with Crippen molar-refractivity contribution in [2.24, 2.45) is 0 Å². The molecule has 1 saturated heterocycles. The first-order valence-electron chi connectivity index (χ1n) is 29.3. The predicted molar refractivity (Wildman–Crippen MR) is 287 cm³/mol. The smallest absolute Gasteiger partial charge is 0.305 e. The van der Waals surface area contributed by atoms with Gasteiger partial charge in [-0.05, 0) is 57.8 Å². The third kappa shape index (κ3) is 38.5. The summed E-state index contributed by atoms with van der Waals surface area (Å²) >= 11 is 0. The molecule has 6 N–H and O–H groups in total. The molecule has 0 aromatic rings. The maximum atomic E-state index is 13.0. The van der Waals surface area contributed by atoms with E-state index in [0.29, 0.717) is 19.4 Å². The molecule has 1 heterocycles. The maximum absolute atomic E-state index is 13.0. The molecule has 70 heavy (non-hydrogen) atoms. The molecule has 410 valence electrons. The van der Waals surface area contributed by atoms with Gasteiger partial charge in [0.05, 0.1) is 32.0 Å². The van der Waals surface area contributed by atoms with Gasteiger partial charge in [-0.1, -0.05) is 230 Å². The standard InChI is InChI=1S/C59H109NO10/c1-3-5-7-9-11-13-14-23-27-31-35-39-43-47-55(64)68-48-44-40-36-32-28-25-22-20-18-16-15-17-19-21-24-26-30-34-38-42-46-54(63)60-51(52(62)45-41-37-33-29-12-10-8-6-4-2)50-69-59-58(67)57(66)56(65)53(49-61)70-59/h7,9,13-14,41,45,51-53,56-59,61-62,65-67H,3-6,8,10-12,15-40,42-44,46-50H2,1-2H3,(H,60,63)/b9-7-,14-13-,45-41+. The molecule has 1 amide bonds. The number of unbranched alkanes of at least 4 members (excludes halogenated alkanes) is 32. The molecule has 0 aliphatic carbocycles. The topological polar surface area (TPSA) is 175 Å². The number of esters is 1. The molecule has 11 nitrogen and oxygen atoms in total. The second-order valence-electron chi connectivity index (χ2n) is 20.3. The highest BCUT2D eigenvalue weighted by molar-refractivity contribution is 5.76. The molecule has 1 aliphatic rings. The lowest BCUT2D eigenvalue weighted by Crippen LogP contribution is -2.60. The monoisotopic (exact) mass is 992 g/mol. The highest BCUT2D eigenvalue weighted by Crippen LogP contribution is 2.23. The van der Waals surface area contributed by atoms with Gasteiger partial charge < -0.3 is 45.1 Å². The van der Waals surface area contributed by atoms with Crippen molar-refractivity contribution in [1.82, 2.24) is 5.32 Å². The summed E-state index contributed by atoms with van der Waals surface area (Å²) in [4.78, 5) is 25.0. The number of carbonyl (C=O) groups is 2. The molecule has 0 aromatic carbocycles. The second-order valence-corrected chi connectivity index (χ2v) is 20.3. The Balaban J connectivity index is 2.02. The van der Waals surface area contributed by atoms with Crippen molar-refractivity contribution in [1.29, 1.82) is 0 Å². The fourth-order valence-corrected chi connectivity index (χ4v) is 9.06. The van der Waals surface area contributed by atoms with E-state index in [2.05, 4.69) is 43.5 Å². The first-order chi connectivity index (χ1) is 34.2. The molecule has 1 rings (SSSR count). The Morgan fingerprint density at radius 1 is 0.529 bits per heavy atom. The molecule has 0 bridgehead atoms. The Hall–Kier alpha value is -2.12. The summed E-state index contributed by atoms with van der Waals surface area (Å²) in [5, 5.41) is 54.2. The molecule has 0 radical (unpaired) electrons. The summed E-state index contributed by atoms with van der Waals surface area (Å²) in [6.45, 7) is 4.24. The lowest BCUT2D eigenvalue weighted by Gasteiger charge is -2.40. The Bertz CT molecular complexity index is 1260. The van der Waals surface area contributed by atoms with Gasteiger partial charge in [-0.15, -0.1) is 0 Å². The van der Waals surface area contributed by atoms with Gasteiger partial charge in [0.15, 0.2) is 6.29 Å². The minimum atomic E-state index is -1.57. The molecule has 11 heteroatoms. The van der Waals surface area contributed by atoms with E-state index in [0.717, 1.165) is 77.0 Å². The van der Waals surface area contributed by atoms with Crippen LogP contribution in [0.25, 0.3) is 0 Å². The van der Waals surface area contributed by atoms with Gasteiger partial charge >= 0.3 is 5.97 Å². The van der Waals surface area contributed by atoms with Crippen LogP contribution in [0.5, 0.6) is 0 Å². The number of aliphatic hydroxyl groups excluding tert-OH is 5. The van der Waals surface area contributed by atoms with Gasteiger partial charge in [-0.25, -0.2) is 0 Å². The van der Waals surface area contributed by atoms with Crippen LogP contribution in [-0.4, -0.2) is 100 Å². The van der Waals surface area contributed by atoms with Crippen molar-refractivity contribution in [3.8, 4) is 0 Å². The average Bonchev–Trinajstić information content (AvgIpc) is 3.36. The number of aliphatic hydroxyl groups is 5. The second kappa shape index (κ2) is 49.1. The average molecular weight is 993 g/mol. The largest absolute Gasteiger partial charge is 0.466 e. The number of ether oxygens (including phenoxy) is 3. The zero-order chi connectivity index (χ0) is 51.0. The van der Waals surface area contributed by atoms with Gasteiger partial charge in [0.25, 0.3) is 0 Å².